The molecule has 3 aromatic rings. The number of benzene rings is 1. The third kappa shape index (κ3) is 3.99. The molecule has 1 aliphatic heterocycles. The van der Waals surface area contributed by atoms with E-state index in [-0.39, 0.29) is 42.7 Å². The van der Waals surface area contributed by atoms with Gasteiger partial charge in [0.05, 0.1) is 9.82 Å². The maximum atomic E-state index is 12.8. The highest BCUT2D eigenvalue weighted by Crippen LogP contribution is 2.27. The van der Waals surface area contributed by atoms with Gasteiger partial charge in [0.2, 0.25) is 10.0 Å². The third-order valence-electron chi connectivity index (χ3n) is 4.68. The van der Waals surface area contributed by atoms with E-state index >= 15 is 0 Å². The van der Waals surface area contributed by atoms with Gasteiger partial charge < -0.3 is 4.90 Å². The SMILES string of the molecule is O=C(c1csc(-c2ccsc2)n1)N1CCN(S(=O)(=O)c2cccc([N+](=O)[O-])c2)CC1. The highest BCUT2D eigenvalue weighted by molar-refractivity contribution is 7.89. The van der Waals surface area contributed by atoms with Crippen molar-refractivity contribution >= 4 is 44.3 Å². The van der Waals surface area contributed by atoms with Crippen molar-refractivity contribution < 1.29 is 18.1 Å². The van der Waals surface area contributed by atoms with E-state index in [4.69, 9.17) is 0 Å². The predicted molar refractivity (Wildman–Crippen MR) is 113 cm³/mol. The Labute approximate surface area is 180 Å². The van der Waals surface area contributed by atoms with Crippen LogP contribution in [0.5, 0.6) is 0 Å². The highest BCUT2D eigenvalue weighted by Gasteiger charge is 2.31. The lowest BCUT2D eigenvalue weighted by atomic mass is 10.3. The van der Waals surface area contributed by atoms with Gasteiger partial charge in [0.1, 0.15) is 10.7 Å². The molecule has 0 N–H and O–H groups in total. The Hall–Kier alpha value is -2.67. The Bertz CT molecular complexity index is 1180. The summed E-state index contributed by atoms with van der Waals surface area (Å²) in [6.45, 7) is 0.660. The molecule has 12 heteroatoms. The molecule has 4 rings (SSSR count). The van der Waals surface area contributed by atoms with Crippen LogP contribution in [0.3, 0.4) is 0 Å². The lowest BCUT2D eigenvalue weighted by Gasteiger charge is -2.33. The normalized spacial score (nSPS) is 15.3. The number of nitrogens with zero attached hydrogens (tertiary/aromatic N) is 4. The molecule has 3 heterocycles. The van der Waals surface area contributed by atoms with Crippen LogP contribution in [-0.4, -0.2) is 59.6 Å². The number of thiazole rings is 1. The summed E-state index contributed by atoms with van der Waals surface area (Å²) in [6.07, 6.45) is 0. The molecule has 0 saturated carbocycles. The number of nitro groups is 1. The number of amides is 1. The summed E-state index contributed by atoms with van der Waals surface area (Å²) in [4.78, 5) is 28.9. The average molecular weight is 465 g/mol. The lowest BCUT2D eigenvalue weighted by Crippen LogP contribution is -2.50. The number of sulfonamides is 1. The van der Waals surface area contributed by atoms with Crippen molar-refractivity contribution in [2.24, 2.45) is 0 Å². The minimum absolute atomic E-state index is 0.109. The minimum atomic E-state index is -3.88. The summed E-state index contributed by atoms with van der Waals surface area (Å²) >= 11 is 2.95. The first-order valence-corrected chi connectivity index (χ1v) is 12.1. The average Bonchev–Trinajstić information content (AvgIpc) is 3.45. The Morgan fingerprint density at radius 1 is 1.13 bits per heavy atom. The number of nitro benzene ring substituents is 1. The fourth-order valence-corrected chi connectivity index (χ4v) is 6.06. The number of carbonyl (C=O) groups is 1. The van der Waals surface area contributed by atoms with Gasteiger partial charge in [0.25, 0.3) is 11.6 Å². The van der Waals surface area contributed by atoms with E-state index in [1.807, 2.05) is 16.8 Å². The van der Waals surface area contributed by atoms with E-state index in [1.165, 1.54) is 33.8 Å². The number of rotatable bonds is 5. The first-order valence-electron chi connectivity index (χ1n) is 8.88. The molecule has 0 spiro atoms. The number of carbonyl (C=O) groups excluding carboxylic acids is 1. The van der Waals surface area contributed by atoms with Gasteiger partial charge >= 0.3 is 0 Å². The van der Waals surface area contributed by atoms with Crippen LogP contribution in [0.25, 0.3) is 10.6 Å². The molecule has 1 amide bonds. The van der Waals surface area contributed by atoms with Gasteiger partial charge in [-0.2, -0.15) is 15.6 Å². The molecule has 2 aromatic heterocycles. The first-order chi connectivity index (χ1) is 14.4. The predicted octanol–water partition coefficient (Wildman–Crippen LogP) is 2.93. The first kappa shape index (κ1) is 20.6. The van der Waals surface area contributed by atoms with E-state index in [9.17, 15) is 23.3 Å². The molecule has 0 aliphatic carbocycles. The van der Waals surface area contributed by atoms with Crippen LogP contribution in [0.1, 0.15) is 10.5 Å². The molecule has 0 atom stereocenters. The van der Waals surface area contributed by atoms with E-state index in [0.717, 1.165) is 16.6 Å². The van der Waals surface area contributed by atoms with Crippen LogP contribution in [0.4, 0.5) is 5.69 Å². The molecule has 0 radical (unpaired) electrons. The van der Waals surface area contributed by atoms with Crippen molar-refractivity contribution in [3.63, 3.8) is 0 Å². The van der Waals surface area contributed by atoms with Crippen molar-refractivity contribution in [3.05, 3.63) is 62.3 Å². The van der Waals surface area contributed by atoms with Gasteiger partial charge in [-0.1, -0.05) is 6.07 Å². The zero-order valence-electron chi connectivity index (χ0n) is 15.5. The second kappa shape index (κ2) is 8.22. The minimum Gasteiger partial charge on any atom is -0.335 e. The van der Waals surface area contributed by atoms with Gasteiger partial charge in [-0.3, -0.25) is 14.9 Å². The summed E-state index contributed by atoms with van der Waals surface area (Å²) in [5.74, 6) is -0.236. The van der Waals surface area contributed by atoms with Crippen molar-refractivity contribution in [3.8, 4) is 10.6 Å². The standard InChI is InChI=1S/C18H16N4O5S3/c23-18(16-12-29-17(19-16)13-4-9-28-11-13)20-5-7-21(8-6-20)30(26,27)15-3-1-2-14(10-15)22(24)25/h1-4,9-12H,5-8H2. The molecular weight excluding hydrogens is 448 g/mol. The molecule has 1 fully saturated rings. The second-order valence-electron chi connectivity index (χ2n) is 6.50. The quantitative estimate of drug-likeness (QED) is 0.424. The number of hydrogen-bond acceptors (Lipinski definition) is 8. The summed E-state index contributed by atoms with van der Waals surface area (Å²) in [5, 5.41) is 17.3. The van der Waals surface area contributed by atoms with Gasteiger partial charge in [-0.25, -0.2) is 13.4 Å². The van der Waals surface area contributed by atoms with E-state index in [2.05, 4.69) is 4.98 Å². The van der Waals surface area contributed by atoms with Crippen LogP contribution in [0, 0.1) is 10.1 Å². The van der Waals surface area contributed by atoms with Crippen molar-refractivity contribution in [1.29, 1.82) is 0 Å². The molecule has 9 nitrogen and oxygen atoms in total. The van der Waals surface area contributed by atoms with Gasteiger partial charge in [-0.05, 0) is 17.5 Å². The second-order valence-corrected chi connectivity index (χ2v) is 10.1. The maximum Gasteiger partial charge on any atom is 0.273 e. The van der Waals surface area contributed by atoms with E-state index in [1.54, 1.807) is 21.6 Å². The van der Waals surface area contributed by atoms with Crippen LogP contribution in [0.15, 0.2) is 51.4 Å². The molecule has 156 valence electrons. The highest BCUT2D eigenvalue weighted by atomic mass is 32.2. The van der Waals surface area contributed by atoms with Gasteiger partial charge in [0, 0.05) is 54.6 Å². The van der Waals surface area contributed by atoms with Gasteiger partial charge in [-0.15, -0.1) is 11.3 Å². The molecule has 1 aromatic carbocycles. The van der Waals surface area contributed by atoms with Crippen molar-refractivity contribution in [1.82, 2.24) is 14.2 Å². The zero-order valence-corrected chi connectivity index (χ0v) is 18.0. The summed E-state index contributed by atoms with van der Waals surface area (Å²) in [5.41, 5.74) is 1.03. The molecule has 1 saturated heterocycles. The Kier molecular flexibility index (Phi) is 5.64. The summed E-state index contributed by atoms with van der Waals surface area (Å²) in [6, 6.07) is 6.91. The molecule has 1 aliphatic rings. The fourth-order valence-electron chi connectivity index (χ4n) is 3.09. The molecular formula is C18H16N4O5S3. The van der Waals surface area contributed by atoms with E-state index in [0.29, 0.717) is 5.69 Å². The van der Waals surface area contributed by atoms with Crippen molar-refractivity contribution in [2.45, 2.75) is 4.90 Å². The number of non-ortho nitro benzene ring substituents is 1. The largest absolute Gasteiger partial charge is 0.335 e. The van der Waals surface area contributed by atoms with Crippen LogP contribution in [-0.2, 0) is 10.0 Å². The Morgan fingerprint density at radius 3 is 2.57 bits per heavy atom. The zero-order chi connectivity index (χ0) is 21.3. The third-order valence-corrected chi connectivity index (χ3v) is 8.15. The summed E-state index contributed by atoms with van der Waals surface area (Å²) in [7, 11) is -3.88. The Balaban J connectivity index is 1.44. The van der Waals surface area contributed by atoms with Gasteiger partial charge in [0.15, 0.2) is 0 Å². The van der Waals surface area contributed by atoms with E-state index < -0.39 is 14.9 Å². The molecule has 0 unspecified atom stereocenters. The smallest absolute Gasteiger partial charge is 0.273 e. The topological polar surface area (TPSA) is 114 Å². The summed E-state index contributed by atoms with van der Waals surface area (Å²) < 4.78 is 26.9. The lowest BCUT2D eigenvalue weighted by molar-refractivity contribution is -0.385. The maximum absolute atomic E-state index is 12.8. The van der Waals surface area contributed by atoms with Crippen LogP contribution < -0.4 is 0 Å². The number of aromatic nitrogens is 1. The van der Waals surface area contributed by atoms with Crippen LogP contribution >= 0.6 is 22.7 Å². The number of thiophene rings is 1. The monoisotopic (exact) mass is 464 g/mol. The number of hydrogen-bond donors (Lipinski definition) is 0. The molecule has 30 heavy (non-hydrogen) atoms. The Morgan fingerprint density at radius 2 is 1.90 bits per heavy atom. The fraction of sp³-hybridized carbons (Fsp3) is 0.222. The van der Waals surface area contributed by atoms with Crippen LogP contribution in [0.2, 0.25) is 0 Å². The number of piperazine rings is 1. The van der Waals surface area contributed by atoms with Crippen molar-refractivity contribution in [2.75, 3.05) is 26.2 Å². The molecule has 0 bridgehead atoms.